The lowest BCUT2D eigenvalue weighted by Crippen LogP contribution is -2.38. The van der Waals surface area contributed by atoms with Crippen molar-refractivity contribution in [3.8, 4) is 0 Å². The molecule has 0 aromatic heterocycles. The minimum absolute atomic E-state index is 0.116. The number of urea groups is 1. The van der Waals surface area contributed by atoms with E-state index in [1.54, 1.807) is 0 Å². The summed E-state index contributed by atoms with van der Waals surface area (Å²) in [5.41, 5.74) is 1.10. The Kier molecular flexibility index (Phi) is 4.36. The molecule has 2 amide bonds. The fourth-order valence-corrected chi connectivity index (χ4v) is 2.57. The molecule has 1 unspecified atom stereocenters. The van der Waals surface area contributed by atoms with E-state index in [-0.39, 0.29) is 6.03 Å². The Morgan fingerprint density at radius 2 is 2.00 bits per heavy atom. The summed E-state index contributed by atoms with van der Waals surface area (Å²) < 4.78 is 5.29. The molecule has 1 aliphatic heterocycles. The number of hydrogen-bond acceptors (Lipinski definition) is 2. The molecule has 0 spiro atoms. The molecule has 0 aliphatic carbocycles. The molecule has 1 fully saturated rings. The van der Waals surface area contributed by atoms with Crippen LogP contribution in [0.4, 0.5) is 4.79 Å². The SMILES string of the molecule is O=C(NCc1ccc2ccccc2c1)NCC1CCOC1. The highest BCUT2D eigenvalue weighted by molar-refractivity contribution is 5.83. The zero-order valence-electron chi connectivity index (χ0n) is 12.0. The van der Waals surface area contributed by atoms with Gasteiger partial charge in [0.1, 0.15) is 0 Å². The summed E-state index contributed by atoms with van der Waals surface area (Å²) >= 11 is 0. The van der Waals surface area contributed by atoms with Gasteiger partial charge in [-0.25, -0.2) is 4.79 Å². The fourth-order valence-electron chi connectivity index (χ4n) is 2.57. The number of benzene rings is 2. The van der Waals surface area contributed by atoms with Crippen LogP contribution in [0.15, 0.2) is 42.5 Å². The Bertz CT molecular complexity index is 621. The molecule has 0 bridgehead atoms. The number of fused-ring (bicyclic) bond motifs is 1. The highest BCUT2D eigenvalue weighted by Gasteiger charge is 2.15. The molecule has 4 heteroatoms. The van der Waals surface area contributed by atoms with Gasteiger partial charge < -0.3 is 15.4 Å². The second-order valence-corrected chi connectivity index (χ2v) is 5.47. The molecule has 1 aliphatic rings. The maximum Gasteiger partial charge on any atom is 0.315 e. The number of hydrogen-bond donors (Lipinski definition) is 2. The number of carbonyl (C=O) groups is 1. The summed E-state index contributed by atoms with van der Waals surface area (Å²) in [6.45, 7) is 2.79. The van der Waals surface area contributed by atoms with Gasteiger partial charge in [0, 0.05) is 25.6 Å². The van der Waals surface area contributed by atoms with Gasteiger partial charge in [-0.2, -0.15) is 0 Å². The lowest BCUT2D eigenvalue weighted by molar-refractivity contribution is 0.185. The second kappa shape index (κ2) is 6.59. The molecule has 110 valence electrons. The first-order valence-electron chi connectivity index (χ1n) is 7.38. The van der Waals surface area contributed by atoms with Crippen molar-refractivity contribution in [3.05, 3.63) is 48.0 Å². The summed E-state index contributed by atoms with van der Waals surface area (Å²) in [4.78, 5) is 11.8. The zero-order valence-corrected chi connectivity index (χ0v) is 12.0. The van der Waals surface area contributed by atoms with Crippen molar-refractivity contribution in [2.45, 2.75) is 13.0 Å². The van der Waals surface area contributed by atoms with Crippen LogP contribution in [0.1, 0.15) is 12.0 Å². The van der Waals surface area contributed by atoms with Crippen molar-refractivity contribution in [1.29, 1.82) is 0 Å². The average molecular weight is 284 g/mol. The van der Waals surface area contributed by atoms with E-state index in [9.17, 15) is 4.79 Å². The van der Waals surface area contributed by atoms with Gasteiger partial charge in [0.15, 0.2) is 0 Å². The molecule has 2 aromatic carbocycles. The quantitative estimate of drug-likeness (QED) is 0.907. The average Bonchev–Trinajstić information content (AvgIpc) is 3.04. The first-order chi connectivity index (χ1) is 10.3. The number of amides is 2. The van der Waals surface area contributed by atoms with Gasteiger partial charge >= 0.3 is 6.03 Å². The summed E-state index contributed by atoms with van der Waals surface area (Å²) in [5.74, 6) is 0.455. The number of ether oxygens (including phenoxy) is 1. The minimum Gasteiger partial charge on any atom is -0.381 e. The van der Waals surface area contributed by atoms with Crippen LogP contribution in [0.2, 0.25) is 0 Å². The predicted octanol–water partition coefficient (Wildman–Crippen LogP) is 2.68. The topological polar surface area (TPSA) is 50.4 Å². The molecule has 2 N–H and O–H groups in total. The summed E-state index contributed by atoms with van der Waals surface area (Å²) in [6.07, 6.45) is 1.03. The molecule has 21 heavy (non-hydrogen) atoms. The molecule has 2 aromatic rings. The Balaban J connectivity index is 1.49. The lowest BCUT2D eigenvalue weighted by atomic mass is 10.1. The van der Waals surface area contributed by atoms with Gasteiger partial charge in [0.2, 0.25) is 0 Å². The lowest BCUT2D eigenvalue weighted by Gasteiger charge is -2.11. The molecular weight excluding hydrogens is 264 g/mol. The number of carbonyl (C=O) groups excluding carboxylic acids is 1. The molecule has 3 rings (SSSR count). The highest BCUT2D eigenvalue weighted by atomic mass is 16.5. The van der Waals surface area contributed by atoms with Crippen LogP contribution in [0.5, 0.6) is 0 Å². The van der Waals surface area contributed by atoms with E-state index in [2.05, 4.69) is 34.9 Å². The van der Waals surface area contributed by atoms with E-state index in [4.69, 9.17) is 4.74 Å². The van der Waals surface area contributed by atoms with E-state index in [0.29, 0.717) is 19.0 Å². The monoisotopic (exact) mass is 284 g/mol. The first kappa shape index (κ1) is 13.9. The van der Waals surface area contributed by atoms with Crippen molar-refractivity contribution < 1.29 is 9.53 Å². The largest absolute Gasteiger partial charge is 0.381 e. The predicted molar refractivity (Wildman–Crippen MR) is 83.1 cm³/mol. The van der Waals surface area contributed by atoms with Crippen LogP contribution in [0.25, 0.3) is 10.8 Å². The van der Waals surface area contributed by atoms with Crippen molar-refractivity contribution in [1.82, 2.24) is 10.6 Å². The van der Waals surface area contributed by atoms with Crippen molar-refractivity contribution in [2.24, 2.45) is 5.92 Å². The Hall–Kier alpha value is -2.07. The van der Waals surface area contributed by atoms with Crippen LogP contribution in [-0.4, -0.2) is 25.8 Å². The van der Waals surface area contributed by atoms with E-state index in [1.165, 1.54) is 10.8 Å². The van der Waals surface area contributed by atoms with Gasteiger partial charge in [-0.1, -0.05) is 36.4 Å². The van der Waals surface area contributed by atoms with Crippen molar-refractivity contribution >= 4 is 16.8 Å². The van der Waals surface area contributed by atoms with Crippen LogP contribution in [0.3, 0.4) is 0 Å². The van der Waals surface area contributed by atoms with Crippen LogP contribution < -0.4 is 10.6 Å². The standard InChI is InChI=1S/C17H20N2O2/c20-17(19-11-14-7-8-21-12-14)18-10-13-5-6-15-3-1-2-4-16(15)9-13/h1-6,9,14H,7-8,10-12H2,(H2,18,19,20). The highest BCUT2D eigenvalue weighted by Crippen LogP contribution is 2.15. The maximum absolute atomic E-state index is 11.8. The van der Waals surface area contributed by atoms with Gasteiger partial charge in [-0.3, -0.25) is 0 Å². The van der Waals surface area contributed by atoms with E-state index in [1.807, 2.05) is 18.2 Å². The van der Waals surface area contributed by atoms with Gasteiger partial charge in [-0.15, -0.1) is 0 Å². The van der Waals surface area contributed by atoms with Crippen molar-refractivity contribution in [3.63, 3.8) is 0 Å². The third kappa shape index (κ3) is 3.73. The van der Waals surface area contributed by atoms with Gasteiger partial charge in [0.05, 0.1) is 6.61 Å². The normalized spacial score (nSPS) is 17.8. The third-order valence-corrected chi connectivity index (χ3v) is 3.84. The fraction of sp³-hybridized carbons (Fsp3) is 0.353. The Labute approximate surface area is 124 Å². The Morgan fingerprint density at radius 3 is 2.81 bits per heavy atom. The molecule has 0 radical (unpaired) electrons. The molecular formula is C17H20N2O2. The first-order valence-corrected chi connectivity index (χ1v) is 7.38. The minimum atomic E-state index is -0.116. The summed E-state index contributed by atoms with van der Waals surface area (Å²) in [7, 11) is 0. The smallest absolute Gasteiger partial charge is 0.315 e. The van der Waals surface area contributed by atoms with Gasteiger partial charge in [-0.05, 0) is 28.8 Å². The summed E-state index contributed by atoms with van der Waals surface area (Å²) in [5, 5.41) is 8.21. The summed E-state index contributed by atoms with van der Waals surface area (Å²) in [6, 6.07) is 14.3. The zero-order chi connectivity index (χ0) is 14.5. The van der Waals surface area contributed by atoms with Crippen LogP contribution in [0, 0.1) is 5.92 Å². The number of rotatable bonds is 4. The van der Waals surface area contributed by atoms with E-state index in [0.717, 1.165) is 25.2 Å². The second-order valence-electron chi connectivity index (χ2n) is 5.47. The molecule has 4 nitrogen and oxygen atoms in total. The Morgan fingerprint density at radius 1 is 1.14 bits per heavy atom. The van der Waals surface area contributed by atoms with E-state index < -0.39 is 0 Å². The molecule has 0 saturated carbocycles. The molecule has 1 saturated heterocycles. The van der Waals surface area contributed by atoms with Crippen LogP contribution in [-0.2, 0) is 11.3 Å². The van der Waals surface area contributed by atoms with Crippen molar-refractivity contribution in [2.75, 3.05) is 19.8 Å². The van der Waals surface area contributed by atoms with E-state index >= 15 is 0 Å². The molecule has 1 atom stereocenters. The van der Waals surface area contributed by atoms with Gasteiger partial charge in [0.25, 0.3) is 0 Å². The number of nitrogens with one attached hydrogen (secondary N) is 2. The molecule has 1 heterocycles. The third-order valence-electron chi connectivity index (χ3n) is 3.84. The maximum atomic E-state index is 11.8. The van der Waals surface area contributed by atoms with Crippen LogP contribution >= 0.6 is 0 Å².